The van der Waals surface area contributed by atoms with Crippen molar-refractivity contribution in [2.24, 2.45) is 17.5 Å². The van der Waals surface area contributed by atoms with Gasteiger partial charge in [-0.25, -0.2) is 14.6 Å². The van der Waals surface area contributed by atoms with Crippen LogP contribution in [0.4, 0.5) is 8.78 Å². The number of hydrogen-bond donors (Lipinski definition) is 3. The molecule has 1 unspecified atom stereocenters. The van der Waals surface area contributed by atoms with Crippen molar-refractivity contribution in [1.82, 2.24) is 14.9 Å². The molecule has 0 aliphatic carbocycles. The molecule has 5 N–H and O–H groups in total. The van der Waals surface area contributed by atoms with Gasteiger partial charge < -0.3 is 20.6 Å². The van der Waals surface area contributed by atoms with Gasteiger partial charge in [-0.3, -0.25) is 9.88 Å². The Morgan fingerprint density at radius 1 is 1.52 bits per heavy atom. The lowest BCUT2D eigenvalue weighted by Gasteiger charge is -2.35. The number of aldehydes is 1. The fourth-order valence-electron chi connectivity index (χ4n) is 3.35. The molecule has 27 heavy (non-hydrogen) atoms. The number of likely N-dealkylation sites (N-methyl/N-ethyl adjacent to an activating group) is 1. The third-order valence-corrected chi connectivity index (χ3v) is 4.66. The summed E-state index contributed by atoms with van der Waals surface area (Å²) in [5.41, 5.74) is 8.66. The van der Waals surface area contributed by atoms with Crippen molar-refractivity contribution < 1.29 is 18.7 Å². The van der Waals surface area contributed by atoms with E-state index in [0.717, 1.165) is 11.3 Å². The molecule has 1 aliphatic heterocycles. The van der Waals surface area contributed by atoms with Crippen molar-refractivity contribution in [2.45, 2.75) is 32.2 Å². The predicted molar refractivity (Wildman–Crippen MR) is 98.2 cm³/mol. The molecular formula is C18H27F2N5O2. The number of rotatable bonds is 7. The minimum Gasteiger partial charge on any atom is -0.395 e. The lowest BCUT2D eigenvalue weighted by molar-refractivity contribution is -0.124. The molecule has 0 saturated carbocycles. The van der Waals surface area contributed by atoms with Gasteiger partial charge in [0.05, 0.1) is 30.2 Å². The Balaban J connectivity index is 2.28. The molecule has 0 aromatic carbocycles. The summed E-state index contributed by atoms with van der Waals surface area (Å²) in [6, 6.07) is 3.48. The van der Waals surface area contributed by atoms with Crippen LogP contribution in [0, 0.1) is 5.92 Å². The highest BCUT2D eigenvalue weighted by atomic mass is 19.3. The van der Waals surface area contributed by atoms with E-state index in [0.29, 0.717) is 30.6 Å². The number of carbonyl (C=O) groups is 1. The van der Waals surface area contributed by atoms with Gasteiger partial charge in [-0.05, 0) is 18.1 Å². The van der Waals surface area contributed by atoms with Gasteiger partial charge in [0.25, 0.3) is 5.92 Å². The summed E-state index contributed by atoms with van der Waals surface area (Å²) < 4.78 is 27.7. The largest absolute Gasteiger partial charge is 0.395 e. The topological polar surface area (TPSA) is 109 Å². The number of aryl methyl sites for hydroxylation is 1. The number of likely N-dealkylation sites (tertiary alicyclic amines) is 1. The Labute approximate surface area is 157 Å². The molecule has 0 radical (unpaired) electrons. The number of aliphatic hydroxyl groups is 1. The Kier molecular flexibility index (Phi) is 6.85. The molecule has 1 aromatic rings. The molecule has 7 nitrogen and oxygen atoms in total. The number of aromatic nitrogens is 1. The zero-order chi connectivity index (χ0) is 20.2. The van der Waals surface area contributed by atoms with Crippen molar-refractivity contribution >= 4 is 12.0 Å². The van der Waals surface area contributed by atoms with Crippen LogP contribution in [0.3, 0.4) is 0 Å². The van der Waals surface area contributed by atoms with Gasteiger partial charge in [-0.1, -0.05) is 13.0 Å². The number of hydrogen-bond acceptors (Lipinski definition) is 7. The molecule has 0 spiro atoms. The number of aliphatic hydroxyl groups excluding tert-OH is 1. The molecule has 1 aromatic heterocycles. The first-order chi connectivity index (χ1) is 12.7. The van der Waals surface area contributed by atoms with E-state index < -0.39 is 18.3 Å². The van der Waals surface area contributed by atoms with E-state index in [4.69, 9.17) is 11.6 Å². The van der Waals surface area contributed by atoms with Crippen LogP contribution >= 0.6 is 0 Å². The molecule has 9 heteroatoms. The quantitative estimate of drug-likeness (QED) is 0.362. The van der Waals surface area contributed by atoms with Crippen molar-refractivity contribution in [1.29, 1.82) is 0 Å². The lowest BCUT2D eigenvalue weighted by Crippen LogP contribution is -2.47. The summed E-state index contributed by atoms with van der Waals surface area (Å²) in [4.78, 5) is 17.1. The van der Waals surface area contributed by atoms with Crippen molar-refractivity contribution in [3.05, 3.63) is 34.8 Å². The first kappa shape index (κ1) is 21.2. The summed E-state index contributed by atoms with van der Waals surface area (Å²) in [5.74, 6) is 2.12. The normalized spacial score (nSPS) is 20.9. The maximum absolute atomic E-state index is 13.9. The zero-order valence-electron chi connectivity index (χ0n) is 15.7. The SMILES string of the molecule is CCc1nc(/C(N)=C(\CO)N(C)N)ccc1CN1CC(C=O)CC(F)(F)C1. The Hall–Kier alpha value is -2.10. The van der Waals surface area contributed by atoms with Crippen LogP contribution in [0.1, 0.15) is 30.3 Å². The Morgan fingerprint density at radius 2 is 2.22 bits per heavy atom. The molecule has 1 saturated heterocycles. The van der Waals surface area contributed by atoms with Crippen LogP contribution in [-0.2, 0) is 17.8 Å². The number of pyridine rings is 1. The number of piperidine rings is 1. The van der Waals surface area contributed by atoms with Gasteiger partial charge in [-0.2, -0.15) is 0 Å². The monoisotopic (exact) mass is 383 g/mol. The van der Waals surface area contributed by atoms with Crippen LogP contribution in [0.25, 0.3) is 5.70 Å². The van der Waals surface area contributed by atoms with Crippen molar-refractivity contribution in [3.63, 3.8) is 0 Å². The van der Waals surface area contributed by atoms with Gasteiger partial charge in [0, 0.05) is 38.2 Å². The minimum atomic E-state index is -2.88. The fraction of sp³-hybridized carbons (Fsp3) is 0.556. The fourth-order valence-corrected chi connectivity index (χ4v) is 3.35. The molecule has 0 bridgehead atoms. The van der Waals surface area contributed by atoms with Crippen LogP contribution < -0.4 is 11.6 Å². The average molecular weight is 383 g/mol. The summed E-state index contributed by atoms with van der Waals surface area (Å²) >= 11 is 0. The van der Waals surface area contributed by atoms with E-state index in [1.165, 1.54) is 5.01 Å². The third kappa shape index (κ3) is 5.21. The lowest BCUT2D eigenvalue weighted by atomic mass is 9.96. The average Bonchev–Trinajstić information content (AvgIpc) is 2.60. The number of nitrogens with two attached hydrogens (primary N) is 2. The second-order valence-electron chi connectivity index (χ2n) is 6.91. The second-order valence-corrected chi connectivity index (χ2v) is 6.91. The van der Waals surface area contributed by atoms with Crippen molar-refractivity contribution in [3.8, 4) is 0 Å². The number of carbonyl (C=O) groups excluding carboxylic acids is 1. The van der Waals surface area contributed by atoms with Crippen LogP contribution in [0.5, 0.6) is 0 Å². The molecule has 0 amide bonds. The smallest absolute Gasteiger partial charge is 0.261 e. The summed E-state index contributed by atoms with van der Waals surface area (Å²) in [6.45, 7) is 1.79. The molecule has 2 heterocycles. The van der Waals surface area contributed by atoms with Gasteiger partial charge in [0.1, 0.15) is 6.29 Å². The van der Waals surface area contributed by atoms with E-state index in [9.17, 15) is 18.7 Å². The number of halogens is 2. The molecule has 1 atom stereocenters. The molecule has 1 fully saturated rings. The van der Waals surface area contributed by atoms with Crippen LogP contribution in [0.2, 0.25) is 0 Å². The van der Waals surface area contributed by atoms with E-state index in [2.05, 4.69) is 4.98 Å². The van der Waals surface area contributed by atoms with E-state index in [-0.39, 0.29) is 25.4 Å². The van der Waals surface area contributed by atoms with Crippen molar-refractivity contribution in [2.75, 3.05) is 26.7 Å². The molecule has 2 rings (SSSR count). The maximum atomic E-state index is 13.9. The predicted octanol–water partition coefficient (Wildman–Crippen LogP) is 0.725. The van der Waals surface area contributed by atoms with Gasteiger partial charge >= 0.3 is 0 Å². The second kappa shape index (κ2) is 8.73. The van der Waals surface area contributed by atoms with Gasteiger partial charge in [0.2, 0.25) is 0 Å². The number of alkyl halides is 2. The van der Waals surface area contributed by atoms with E-state index in [1.807, 2.05) is 6.92 Å². The molecular weight excluding hydrogens is 356 g/mol. The summed E-state index contributed by atoms with van der Waals surface area (Å²) in [5, 5.41) is 10.7. The third-order valence-electron chi connectivity index (χ3n) is 4.66. The highest BCUT2D eigenvalue weighted by Gasteiger charge is 2.40. The van der Waals surface area contributed by atoms with E-state index >= 15 is 0 Å². The zero-order valence-corrected chi connectivity index (χ0v) is 15.7. The first-order valence-electron chi connectivity index (χ1n) is 8.83. The Bertz CT molecular complexity index is 709. The first-order valence-corrected chi connectivity index (χ1v) is 8.83. The Morgan fingerprint density at radius 3 is 2.78 bits per heavy atom. The number of hydrazine groups is 1. The van der Waals surface area contributed by atoms with Gasteiger partial charge in [0.15, 0.2) is 0 Å². The van der Waals surface area contributed by atoms with Crippen LogP contribution in [0.15, 0.2) is 17.8 Å². The van der Waals surface area contributed by atoms with Crippen LogP contribution in [-0.4, -0.2) is 59.0 Å². The standard InChI is InChI=1S/C18H27F2N5O2/c1-3-14-13(8-25-7-12(9-26)6-18(19,20)11-25)4-5-15(23-14)17(21)16(10-27)24(2)22/h4-5,9,12,27H,3,6-8,10-11,21-22H2,1-2H3/b17-16-. The maximum Gasteiger partial charge on any atom is 0.261 e. The van der Waals surface area contributed by atoms with E-state index in [1.54, 1.807) is 24.1 Å². The summed E-state index contributed by atoms with van der Waals surface area (Å²) in [6.07, 6.45) is 0.792. The highest BCUT2D eigenvalue weighted by Crippen LogP contribution is 2.30. The highest BCUT2D eigenvalue weighted by molar-refractivity contribution is 5.63. The summed E-state index contributed by atoms with van der Waals surface area (Å²) in [7, 11) is 1.56. The molecule has 1 aliphatic rings. The molecule has 150 valence electrons. The minimum absolute atomic E-state index is 0.259. The van der Waals surface area contributed by atoms with Gasteiger partial charge in [-0.15, -0.1) is 0 Å². The number of nitrogens with zero attached hydrogens (tertiary/aromatic N) is 3.